The number of halogens is 1. The van der Waals surface area contributed by atoms with Gasteiger partial charge in [-0.1, -0.05) is 54.1 Å². The number of benzene rings is 2. The zero-order valence-corrected chi connectivity index (χ0v) is 11.5. The molecule has 102 valence electrons. The van der Waals surface area contributed by atoms with Crippen LogP contribution in [-0.2, 0) is 9.53 Å². The number of hydrogen-bond acceptors (Lipinski definition) is 2. The molecule has 1 fully saturated rings. The number of carbonyl (C=O) groups excluding carboxylic acids is 1. The van der Waals surface area contributed by atoms with E-state index in [2.05, 4.69) is 5.32 Å². The SMILES string of the molecule is O=C1C[C@@H](c2ccc(Cl)cc2)O[C@@H](c2ccccc2)N1. The number of ether oxygens (including phenoxy) is 1. The zero-order chi connectivity index (χ0) is 13.9. The third-order valence-electron chi connectivity index (χ3n) is 3.31. The van der Waals surface area contributed by atoms with E-state index in [4.69, 9.17) is 16.3 Å². The Morgan fingerprint density at radius 2 is 1.70 bits per heavy atom. The van der Waals surface area contributed by atoms with Gasteiger partial charge in [0.15, 0.2) is 6.23 Å². The first-order valence-corrected chi connectivity index (χ1v) is 6.85. The Morgan fingerprint density at radius 3 is 2.40 bits per heavy atom. The lowest BCUT2D eigenvalue weighted by Gasteiger charge is -2.31. The van der Waals surface area contributed by atoms with Gasteiger partial charge in [0.1, 0.15) is 0 Å². The standard InChI is InChI=1S/C16H14ClNO2/c17-13-8-6-11(7-9-13)14-10-15(19)18-16(20-14)12-4-2-1-3-5-12/h1-9,14,16H,10H2,(H,18,19)/t14-,16-/m0/s1. The monoisotopic (exact) mass is 287 g/mol. The highest BCUT2D eigenvalue weighted by molar-refractivity contribution is 6.30. The van der Waals surface area contributed by atoms with Gasteiger partial charge in [0.05, 0.1) is 12.5 Å². The number of hydrogen-bond donors (Lipinski definition) is 1. The van der Waals surface area contributed by atoms with E-state index in [1.54, 1.807) is 0 Å². The summed E-state index contributed by atoms with van der Waals surface area (Å²) >= 11 is 5.88. The second-order valence-corrected chi connectivity index (χ2v) is 5.18. The minimum Gasteiger partial charge on any atom is -0.346 e. The van der Waals surface area contributed by atoms with Crippen molar-refractivity contribution in [2.24, 2.45) is 0 Å². The Hall–Kier alpha value is -1.84. The molecule has 3 nitrogen and oxygen atoms in total. The quantitative estimate of drug-likeness (QED) is 0.916. The molecular weight excluding hydrogens is 274 g/mol. The molecule has 2 aromatic carbocycles. The first-order chi connectivity index (χ1) is 9.72. The average molecular weight is 288 g/mol. The smallest absolute Gasteiger partial charge is 0.225 e. The average Bonchev–Trinajstić information content (AvgIpc) is 2.48. The zero-order valence-electron chi connectivity index (χ0n) is 10.8. The van der Waals surface area contributed by atoms with Gasteiger partial charge >= 0.3 is 0 Å². The van der Waals surface area contributed by atoms with Crippen molar-refractivity contribution in [3.05, 3.63) is 70.7 Å². The predicted octanol–water partition coefficient (Wildman–Crippen LogP) is 3.62. The molecule has 2 atom stereocenters. The van der Waals surface area contributed by atoms with Crippen molar-refractivity contribution in [2.45, 2.75) is 18.8 Å². The van der Waals surface area contributed by atoms with Gasteiger partial charge in [-0.05, 0) is 17.7 Å². The molecule has 1 saturated heterocycles. The lowest BCUT2D eigenvalue weighted by molar-refractivity contribution is -0.143. The number of nitrogens with one attached hydrogen (secondary N) is 1. The molecule has 1 heterocycles. The Bertz CT molecular complexity index is 598. The van der Waals surface area contributed by atoms with Crippen molar-refractivity contribution in [3.8, 4) is 0 Å². The fourth-order valence-corrected chi connectivity index (χ4v) is 2.41. The van der Waals surface area contributed by atoms with Gasteiger partial charge in [0.2, 0.25) is 5.91 Å². The van der Waals surface area contributed by atoms with Crippen molar-refractivity contribution < 1.29 is 9.53 Å². The summed E-state index contributed by atoms with van der Waals surface area (Å²) < 4.78 is 5.99. The molecule has 2 aromatic rings. The summed E-state index contributed by atoms with van der Waals surface area (Å²) in [6.07, 6.45) is -0.324. The third-order valence-corrected chi connectivity index (χ3v) is 3.56. The van der Waals surface area contributed by atoms with Crippen LogP contribution in [0.2, 0.25) is 5.02 Å². The topological polar surface area (TPSA) is 38.3 Å². The highest BCUT2D eigenvalue weighted by Crippen LogP contribution is 2.32. The number of amides is 1. The van der Waals surface area contributed by atoms with Crippen LogP contribution in [0.25, 0.3) is 0 Å². The maximum Gasteiger partial charge on any atom is 0.225 e. The summed E-state index contributed by atoms with van der Waals surface area (Å²) in [6.45, 7) is 0. The maximum atomic E-state index is 11.9. The first kappa shape index (κ1) is 13.2. The largest absolute Gasteiger partial charge is 0.346 e. The van der Waals surface area contributed by atoms with Crippen LogP contribution in [0.3, 0.4) is 0 Å². The minimum atomic E-state index is -0.405. The maximum absolute atomic E-state index is 11.9. The molecule has 0 aliphatic carbocycles. The summed E-state index contributed by atoms with van der Waals surface area (Å²) in [7, 11) is 0. The molecule has 1 aliphatic heterocycles. The van der Waals surface area contributed by atoms with E-state index in [0.29, 0.717) is 11.4 Å². The van der Waals surface area contributed by atoms with E-state index < -0.39 is 6.23 Å². The summed E-state index contributed by atoms with van der Waals surface area (Å²) in [5, 5.41) is 3.53. The molecule has 20 heavy (non-hydrogen) atoms. The summed E-state index contributed by atoms with van der Waals surface area (Å²) in [5.74, 6) is -0.00921. The molecular formula is C16H14ClNO2. The fraction of sp³-hybridized carbons (Fsp3) is 0.188. The third kappa shape index (κ3) is 2.84. The fourth-order valence-electron chi connectivity index (χ4n) is 2.28. The molecule has 4 heteroatoms. The number of carbonyl (C=O) groups is 1. The van der Waals surface area contributed by atoms with Gasteiger partial charge in [-0.15, -0.1) is 0 Å². The van der Waals surface area contributed by atoms with Crippen molar-refractivity contribution in [1.29, 1.82) is 0 Å². The molecule has 0 saturated carbocycles. The van der Waals surface area contributed by atoms with Gasteiger partial charge in [-0.2, -0.15) is 0 Å². The molecule has 0 unspecified atom stereocenters. The summed E-state index contributed by atoms with van der Waals surface area (Å²) in [6, 6.07) is 17.1. The van der Waals surface area contributed by atoms with E-state index >= 15 is 0 Å². The van der Waals surface area contributed by atoms with Crippen LogP contribution < -0.4 is 5.32 Å². The lowest BCUT2D eigenvalue weighted by atomic mass is 10.0. The normalized spacial score (nSPS) is 22.4. The molecule has 0 bridgehead atoms. The Kier molecular flexibility index (Phi) is 3.72. The first-order valence-electron chi connectivity index (χ1n) is 6.47. The van der Waals surface area contributed by atoms with Crippen LogP contribution >= 0.6 is 11.6 Å². The van der Waals surface area contributed by atoms with Crippen LogP contribution in [-0.4, -0.2) is 5.91 Å². The summed E-state index contributed by atoms with van der Waals surface area (Å²) in [5.41, 5.74) is 1.91. The molecule has 1 N–H and O–H groups in total. The predicted molar refractivity (Wildman–Crippen MR) is 77.2 cm³/mol. The molecule has 0 radical (unpaired) electrons. The van der Waals surface area contributed by atoms with E-state index in [0.717, 1.165) is 11.1 Å². The number of rotatable bonds is 2. The highest BCUT2D eigenvalue weighted by atomic mass is 35.5. The van der Waals surface area contributed by atoms with Crippen LogP contribution in [0, 0.1) is 0 Å². The van der Waals surface area contributed by atoms with Gasteiger partial charge < -0.3 is 10.1 Å². The van der Waals surface area contributed by atoms with E-state index in [1.807, 2.05) is 54.6 Å². The van der Waals surface area contributed by atoms with Crippen molar-refractivity contribution >= 4 is 17.5 Å². The molecule has 0 aromatic heterocycles. The van der Waals surface area contributed by atoms with Gasteiger partial charge in [-0.3, -0.25) is 4.79 Å². The second kappa shape index (κ2) is 5.65. The Balaban J connectivity index is 1.83. The van der Waals surface area contributed by atoms with Crippen molar-refractivity contribution in [1.82, 2.24) is 5.32 Å². The van der Waals surface area contributed by atoms with E-state index in [9.17, 15) is 4.79 Å². The van der Waals surface area contributed by atoms with E-state index in [-0.39, 0.29) is 12.0 Å². The molecule has 0 spiro atoms. The summed E-state index contributed by atoms with van der Waals surface area (Å²) in [4.78, 5) is 11.9. The van der Waals surface area contributed by atoms with Gasteiger partial charge in [0, 0.05) is 10.6 Å². The van der Waals surface area contributed by atoms with Crippen molar-refractivity contribution in [3.63, 3.8) is 0 Å². The minimum absolute atomic E-state index is 0.00921. The lowest BCUT2D eigenvalue weighted by Crippen LogP contribution is -2.37. The second-order valence-electron chi connectivity index (χ2n) is 4.74. The highest BCUT2D eigenvalue weighted by Gasteiger charge is 2.29. The Labute approximate surface area is 122 Å². The van der Waals surface area contributed by atoms with Crippen LogP contribution in [0.1, 0.15) is 29.9 Å². The van der Waals surface area contributed by atoms with Crippen LogP contribution in [0.15, 0.2) is 54.6 Å². The van der Waals surface area contributed by atoms with Crippen LogP contribution in [0.4, 0.5) is 0 Å². The van der Waals surface area contributed by atoms with Gasteiger partial charge in [0.25, 0.3) is 0 Å². The van der Waals surface area contributed by atoms with E-state index in [1.165, 1.54) is 0 Å². The van der Waals surface area contributed by atoms with Crippen LogP contribution in [0.5, 0.6) is 0 Å². The molecule has 1 aliphatic rings. The molecule has 3 rings (SSSR count). The Morgan fingerprint density at radius 1 is 1.00 bits per heavy atom. The molecule has 1 amide bonds. The van der Waals surface area contributed by atoms with Gasteiger partial charge in [-0.25, -0.2) is 0 Å². The van der Waals surface area contributed by atoms with Crippen molar-refractivity contribution in [2.75, 3.05) is 0 Å².